The van der Waals surface area contributed by atoms with Crippen LogP contribution in [0.5, 0.6) is 0 Å². The van der Waals surface area contributed by atoms with Gasteiger partial charge in [0.2, 0.25) is 88.6 Å². The van der Waals surface area contributed by atoms with Crippen LogP contribution in [0.25, 0.3) is 0 Å². The topological polar surface area (TPSA) is 688 Å². The number of aliphatic hydroxyl groups is 1. The summed E-state index contributed by atoms with van der Waals surface area (Å²) in [5, 5.41) is 49.5. The Labute approximate surface area is 649 Å². The Morgan fingerprint density at radius 1 is 0.491 bits per heavy atom. The maximum absolute atomic E-state index is 14.3. The summed E-state index contributed by atoms with van der Waals surface area (Å²) in [4.78, 5) is 237. The maximum Gasteiger partial charge on any atom is 0.303 e. The number of guanidine groups is 2. The molecule has 110 heavy (non-hydrogen) atoms. The van der Waals surface area contributed by atoms with Crippen molar-refractivity contribution in [2.75, 3.05) is 64.1 Å². The van der Waals surface area contributed by atoms with Crippen LogP contribution in [0.3, 0.4) is 0 Å². The molecule has 0 aliphatic carbocycles. The van der Waals surface area contributed by atoms with E-state index in [1.165, 1.54) is 44.5 Å². The zero-order valence-electron chi connectivity index (χ0n) is 64.2. The molecule has 44 heteroatoms. The molecule has 14 atom stereocenters. The van der Waals surface area contributed by atoms with E-state index in [-0.39, 0.29) is 108 Å². The Balaban J connectivity index is 0.0000292. The Bertz CT molecular complexity index is 3130. The molecular formula is C66H119N23O19S2. The molecular weight excluding hydrogens is 1480 g/mol. The number of aldehydes is 1. The Hall–Kier alpha value is -9.69. The number of likely N-dealkylation sites (N-methyl/N-ethyl adjacent to an activating group) is 1. The largest absolute Gasteiger partial charge is 0.481 e. The van der Waals surface area contributed by atoms with Gasteiger partial charge >= 0.3 is 5.97 Å². The molecule has 15 amide bonds. The summed E-state index contributed by atoms with van der Waals surface area (Å²) >= 11 is 5.37. The van der Waals surface area contributed by atoms with Crippen molar-refractivity contribution in [3.63, 3.8) is 0 Å². The SMILES string of the molecule is CC.CC.CN[C@@H](CS)C(=O)N[C@@H](C)C(=O)N[C@@H](CC(N)=O)C(=O)N[C@@H](CO)C(=O)N[C@@H](CC(N)=O)C(=O)N1CCC[C@H]1C(=O)N[C@@H](C)C(=O)N[C@@H](CCSC)C(=O)NC(C)C(=O)N1CCC[C@H]1C(=O)N[C@@H](CCCN=C(N)N)C(=O)NC(CCC(=O)O)C(=O)N[C@@H](CCCN=C(N)N)C(=O)N[C@H](C=O)CCCCN. The number of amides is 15. The second kappa shape index (κ2) is 54.8. The van der Waals surface area contributed by atoms with Crippen LogP contribution in [-0.4, -0.2) is 282 Å². The molecule has 2 aliphatic rings. The lowest BCUT2D eigenvalue weighted by Gasteiger charge is -2.30. The van der Waals surface area contributed by atoms with Crippen LogP contribution in [0.4, 0.5) is 0 Å². The molecule has 0 spiro atoms. The molecule has 0 saturated carbocycles. The number of likely N-dealkylation sites (tertiary alicyclic amines) is 2. The first-order valence-corrected chi connectivity index (χ1v) is 38.5. The van der Waals surface area contributed by atoms with Gasteiger partial charge in [-0.05, 0) is 130 Å². The number of nitrogens with one attached hydrogen (secondary N) is 12. The minimum Gasteiger partial charge on any atom is -0.481 e. The number of aliphatic hydroxyl groups excluding tert-OH is 1. The molecule has 0 aromatic rings. The van der Waals surface area contributed by atoms with Gasteiger partial charge < -0.3 is 129 Å². The second-order valence-electron chi connectivity index (χ2n) is 25.2. The van der Waals surface area contributed by atoms with E-state index in [2.05, 4.69) is 86.4 Å². The Morgan fingerprint density at radius 3 is 1.36 bits per heavy atom. The summed E-state index contributed by atoms with van der Waals surface area (Å²) in [7, 11) is 1.48. The van der Waals surface area contributed by atoms with Crippen molar-refractivity contribution in [3.05, 3.63) is 0 Å². The fourth-order valence-electron chi connectivity index (χ4n) is 11.0. The summed E-state index contributed by atoms with van der Waals surface area (Å²) in [5.74, 6) is -15.8. The molecule has 0 radical (unpaired) electrons. The summed E-state index contributed by atoms with van der Waals surface area (Å²) in [6.45, 7) is 10.9. The van der Waals surface area contributed by atoms with Crippen LogP contribution in [0.1, 0.15) is 151 Å². The molecule has 0 aromatic carbocycles. The molecule has 42 nitrogen and oxygen atoms in total. The number of carboxylic acid groups (broad SMARTS) is 1. The number of primary amides is 2. The number of hydrogen-bond acceptors (Lipinski definition) is 24. The maximum atomic E-state index is 14.3. The van der Waals surface area contributed by atoms with Crippen molar-refractivity contribution in [2.24, 2.45) is 50.1 Å². The van der Waals surface area contributed by atoms with E-state index in [4.69, 9.17) is 40.1 Å². The van der Waals surface area contributed by atoms with Gasteiger partial charge in [0, 0.05) is 38.4 Å². The smallest absolute Gasteiger partial charge is 0.303 e. The van der Waals surface area contributed by atoms with Gasteiger partial charge in [0.05, 0.1) is 31.5 Å². The van der Waals surface area contributed by atoms with Gasteiger partial charge in [-0.15, -0.1) is 0 Å². The van der Waals surface area contributed by atoms with Crippen molar-refractivity contribution >= 4 is 137 Å². The van der Waals surface area contributed by atoms with Crippen LogP contribution >= 0.6 is 24.4 Å². The number of carbonyl (C=O) groups is 17. The van der Waals surface area contributed by atoms with Gasteiger partial charge in [-0.3, -0.25) is 86.7 Å². The van der Waals surface area contributed by atoms with Crippen molar-refractivity contribution in [1.82, 2.24) is 73.6 Å². The third kappa shape index (κ3) is 37.1. The van der Waals surface area contributed by atoms with E-state index in [9.17, 15) is 91.7 Å². The number of aliphatic imine (C=N–C) groups is 2. The summed E-state index contributed by atoms with van der Waals surface area (Å²) in [6.07, 6.45) is 1.17. The predicted molar refractivity (Wildman–Crippen MR) is 410 cm³/mol. The number of rotatable bonds is 50. The van der Waals surface area contributed by atoms with Gasteiger partial charge in [0.1, 0.15) is 78.8 Å². The zero-order chi connectivity index (χ0) is 83.9. The number of nitrogens with zero attached hydrogens (tertiary/aromatic N) is 4. The van der Waals surface area contributed by atoms with E-state index in [0.717, 1.165) is 4.90 Å². The molecule has 2 saturated heterocycles. The van der Waals surface area contributed by atoms with Crippen LogP contribution in [-0.2, 0) is 81.5 Å². The van der Waals surface area contributed by atoms with Crippen LogP contribution < -0.4 is 104 Å². The quantitative estimate of drug-likeness (QED) is 0.00884. The number of nitrogens with two attached hydrogens (primary N) is 7. The minimum absolute atomic E-state index is 0.00138. The molecule has 2 aliphatic heterocycles. The lowest BCUT2D eigenvalue weighted by atomic mass is 10.0. The predicted octanol–water partition coefficient (Wildman–Crippen LogP) is -8.27. The van der Waals surface area contributed by atoms with E-state index < -0.39 is 211 Å². The van der Waals surface area contributed by atoms with E-state index >= 15 is 0 Å². The monoisotopic (exact) mass is 1600 g/mol. The van der Waals surface area contributed by atoms with Crippen LogP contribution in [0, 0.1) is 0 Å². The molecule has 0 aromatic heterocycles. The van der Waals surface area contributed by atoms with Gasteiger partial charge in [0.15, 0.2) is 11.9 Å². The number of aliphatic carboxylic acids is 1. The highest BCUT2D eigenvalue weighted by Crippen LogP contribution is 2.22. The molecule has 2 heterocycles. The fourth-order valence-corrected chi connectivity index (χ4v) is 11.8. The van der Waals surface area contributed by atoms with Crippen molar-refractivity contribution < 1.29 is 91.7 Å². The van der Waals surface area contributed by atoms with Gasteiger partial charge in [-0.25, -0.2) is 0 Å². The number of thiol groups is 1. The third-order valence-electron chi connectivity index (χ3n) is 16.8. The third-order valence-corrected chi connectivity index (χ3v) is 17.8. The minimum atomic E-state index is -1.91. The number of carbonyl (C=O) groups excluding carboxylic acids is 16. The fraction of sp³-hybridized carbons (Fsp3) is 0.712. The molecule has 2 fully saturated rings. The highest BCUT2D eigenvalue weighted by molar-refractivity contribution is 7.98. The van der Waals surface area contributed by atoms with Gasteiger partial charge in [-0.1, -0.05) is 27.7 Å². The average Bonchev–Trinajstić information content (AvgIpc) is 1.65. The van der Waals surface area contributed by atoms with E-state index in [1.54, 1.807) is 6.26 Å². The summed E-state index contributed by atoms with van der Waals surface area (Å²) in [5.41, 5.74) is 38.3. The first-order valence-electron chi connectivity index (χ1n) is 36.5. The molecule has 0 bridgehead atoms. The number of thioether (sulfide) groups is 1. The molecule has 28 N–H and O–H groups in total. The van der Waals surface area contributed by atoms with E-state index in [0.29, 0.717) is 31.4 Å². The molecule has 2 unspecified atom stereocenters. The number of hydrogen-bond donors (Lipinski definition) is 22. The number of carboxylic acids is 1. The van der Waals surface area contributed by atoms with E-state index in [1.807, 2.05) is 27.7 Å². The first kappa shape index (κ1) is 100. The normalized spacial score (nSPS) is 16.7. The van der Waals surface area contributed by atoms with Crippen LogP contribution in [0.2, 0.25) is 0 Å². The van der Waals surface area contributed by atoms with Gasteiger partial charge in [0.25, 0.3) is 0 Å². The summed E-state index contributed by atoms with van der Waals surface area (Å²) in [6, 6.07) is -19.6. The molecule has 2 rings (SSSR count). The molecule has 624 valence electrons. The highest BCUT2D eigenvalue weighted by Gasteiger charge is 2.43. The van der Waals surface area contributed by atoms with Gasteiger partial charge in [-0.2, -0.15) is 24.4 Å². The standard InChI is InChI=1S/C62H107N23O19S2.2C2H6/c1-31(73-56(100)42(30-105)70-4)49(93)81-39(26-45(64)88)54(98)83-41(29-87)55(99)82-40(27-46(65)89)60(104)85-24-11-15-43(85)57(101)74-32(2)48(92)77-38(19-25-106-5)50(94)75-33(3)59(103)84-23-10-16-44(84)58(102)80-36(14-9-22-72-62(68)69)52(96)79-37(17-18-47(90)91)53(97)78-35(13-8-21-71-61(66)67)51(95)76-34(28-86)12-6-7-20-63;2*1-2/h28,31-44,70,87,105H,6-27,29-30,63H2,1-5H3,(H2,64,88)(H2,65,89)(H,73,100)(H,74,101)(H,75,94)(H,76,95)(H,77,92)(H,78,97)(H,79,96)(H,80,102)(H,81,93)(H,82,99)(H,83,98)(H,90,91)(H4,66,67,71)(H4,68,69,72);2*1-2H3/t31-,32-,33?,34-,35-,36-,37?,38-,39-,40-,41-,42-,43-,44-;;/m0../s1. The second-order valence-corrected chi connectivity index (χ2v) is 26.5. The zero-order valence-corrected chi connectivity index (χ0v) is 65.9. The average molecular weight is 1600 g/mol. The van der Waals surface area contributed by atoms with Crippen molar-refractivity contribution in [1.29, 1.82) is 0 Å². The Morgan fingerprint density at radius 2 is 0.891 bits per heavy atom. The highest BCUT2D eigenvalue weighted by atomic mass is 32.2. The van der Waals surface area contributed by atoms with Crippen LogP contribution in [0.15, 0.2) is 9.98 Å². The lowest BCUT2D eigenvalue weighted by Crippen LogP contribution is -2.61. The van der Waals surface area contributed by atoms with Crippen molar-refractivity contribution in [3.8, 4) is 0 Å². The Kier molecular flexibility index (Phi) is 50.0. The first-order chi connectivity index (χ1) is 52.1. The summed E-state index contributed by atoms with van der Waals surface area (Å²) < 4.78 is 0. The van der Waals surface area contributed by atoms with Crippen molar-refractivity contribution in [2.45, 2.75) is 236 Å². The lowest BCUT2D eigenvalue weighted by molar-refractivity contribution is -0.143. The number of unbranched alkanes of at least 4 members (excludes halogenated alkanes) is 1.